The van der Waals surface area contributed by atoms with Crippen molar-refractivity contribution in [1.29, 1.82) is 0 Å². The van der Waals surface area contributed by atoms with Gasteiger partial charge in [-0.15, -0.1) is 0 Å². The van der Waals surface area contributed by atoms with Gasteiger partial charge in [0.2, 0.25) is 5.95 Å². The molecule has 1 saturated carbocycles. The Morgan fingerprint density at radius 1 is 1.06 bits per heavy atom. The molecule has 0 radical (unpaired) electrons. The Labute approximate surface area is 200 Å². The predicted molar refractivity (Wildman–Crippen MR) is 138 cm³/mol. The lowest BCUT2D eigenvalue weighted by Crippen LogP contribution is -2.16. The maximum atomic E-state index is 5.06. The third-order valence-electron chi connectivity index (χ3n) is 6.09. The lowest BCUT2D eigenvalue weighted by molar-refractivity contribution is 0.744. The fraction of sp³-hybridized carbons (Fsp3) is 0.385. The van der Waals surface area contributed by atoms with Gasteiger partial charge in [-0.1, -0.05) is 18.9 Å². The topological polar surface area (TPSA) is 92.1 Å². The first-order valence-electron chi connectivity index (χ1n) is 12.2. The van der Waals surface area contributed by atoms with Gasteiger partial charge in [0.1, 0.15) is 17.3 Å². The number of rotatable bonds is 8. The summed E-state index contributed by atoms with van der Waals surface area (Å²) in [6, 6.07) is 12.9. The molecule has 34 heavy (non-hydrogen) atoms. The molecule has 0 aliphatic heterocycles. The first-order valence-corrected chi connectivity index (χ1v) is 12.2. The Bertz CT molecular complexity index is 1270. The molecule has 0 amide bonds. The van der Waals surface area contributed by atoms with Crippen LogP contribution in [0.2, 0.25) is 0 Å². The Hall–Kier alpha value is -3.68. The van der Waals surface area contributed by atoms with Crippen molar-refractivity contribution in [3.05, 3.63) is 48.8 Å². The molecule has 4 aromatic heterocycles. The van der Waals surface area contributed by atoms with Crippen molar-refractivity contribution in [1.82, 2.24) is 24.6 Å². The molecular weight excluding hydrogens is 424 g/mol. The molecule has 0 unspecified atom stereocenters. The van der Waals surface area contributed by atoms with E-state index in [9.17, 15) is 0 Å². The first-order chi connectivity index (χ1) is 16.6. The molecule has 176 valence electrons. The average molecular weight is 457 g/mol. The summed E-state index contributed by atoms with van der Waals surface area (Å²) in [6.07, 6.45) is 8.52. The maximum absolute atomic E-state index is 5.06. The lowest BCUT2D eigenvalue weighted by Gasteiger charge is -2.13. The van der Waals surface area contributed by atoms with E-state index < -0.39 is 0 Å². The summed E-state index contributed by atoms with van der Waals surface area (Å²) in [4.78, 5) is 13.9. The van der Waals surface area contributed by atoms with E-state index in [4.69, 9.17) is 10.1 Å². The molecular formula is C26H32N8. The number of hydrogen-bond donors (Lipinski definition) is 3. The molecule has 5 rings (SSSR count). The first kappa shape index (κ1) is 22.1. The van der Waals surface area contributed by atoms with Crippen molar-refractivity contribution in [3.63, 3.8) is 0 Å². The highest BCUT2D eigenvalue weighted by molar-refractivity contribution is 5.92. The van der Waals surface area contributed by atoms with Gasteiger partial charge in [-0.05, 0) is 63.9 Å². The third kappa shape index (κ3) is 4.53. The van der Waals surface area contributed by atoms with E-state index in [0.29, 0.717) is 12.0 Å². The van der Waals surface area contributed by atoms with Crippen LogP contribution in [0.4, 0.5) is 17.6 Å². The summed E-state index contributed by atoms with van der Waals surface area (Å²) in [5.41, 5.74) is 4.68. The highest BCUT2D eigenvalue weighted by Crippen LogP contribution is 2.36. The van der Waals surface area contributed by atoms with Gasteiger partial charge in [-0.3, -0.25) is 0 Å². The number of anilines is 3. The molecule has 0 atom stereocenters. The summed E-state index contributed by atoms with van der Waals surface area (Å²) >= 11 is 0. The Morgan fingerprint density at radius 3 is 2.68 bits per heavy atom. The normalized spacial score (nSPS) is 14.1. The number of pyridine rings is 2. The van der Waals surface area contributed by atoms with Crippen molar-refractivity contribution in [2.45, 2.75) is 58.5 Å². The Balaban J connectivity index is 1.66. The monoisotopic (exact) mass is 456 g/mol. The summed E-state index contributed by atoms with van der Waals surface area (Å²) in [6.45, 7) is 7.12. The number of hydrogen-bond acceptors (Lipinski definition) is 7. The van der Waals surface area contributed by atoms with Crippen molar-refractivity contribution < 1.29 is 0 Å². The summed E-state index contributed by atoms with van der Waals surface area (Å²) in [5.74, 6) is 2.45. The highest BCUT2D eigenvalue weighted by Gasteiger charge is 2.21. The van der Waals surface area contributed by atoms with Gasteiger partial charge in [-0.2, -0.15) is 5.10 Å². The molecule has 1 fully saturated rings. The van der Waals surface area contributed by atoms with Gasteiger partial charge in [0, 0.05) is 36.6 Å². The van der Waals surface area contributed by atoms with Crippen LogP contribution in [0.25, 0.3) is 28.0 Å². The van der Waals surface area contributed by atoms with Gasteiger partial charge in [0.25, 0.3) is 0 Å². The van der Waals surface area contributed by atoms with E-state index in [1.165, 1.54) is 25.7 Å². The Morgan fingerprint density at radius 2 is 1.88 bits per heavy atom. The molecule has 0 saturated heterocycles. The highest BCUT2D eigenvalue weighted by atomic mass is 15.3. The Kier molecular flexibility index (Phi) is 6.29. The van der Waals surface area contributed by atoms with Crippen LogP contribution in [0.5, 0.6) is 0 Å². The van der Waals surface area contributed by atoms with Crippen LogP contribution in [-0.2, 0) is 0 Å². The smallest absolute Gasteiger partial charge is 0.223 e. The van der Waals surface area contributed by atoms with Crippen LogP contribution in [-0.4, -0.2) is 43.2 Å². The zero-order valence-electron chi connectivity index (χ0n) is 20.0. The van der Waals surface area contributed by atoms with Crippen LogP contribution < -0.4 is 16.0 Å². The standard InChI is InChI=1S/C26H32N8/c1-4-27-22-16-18(12-14-28-22)25-24(21-10-7-11-23(30-17(2)3)34(21)33-25)20-13-15-29-26(32-20)31-19-8-5-6-9-19/h7,10-17,19,30H,4-6,8-9H2,1-3H3,(H,27,28)(H,29,31,32). The minimum Gasteiger partial charge on any atom is -0.370 e. The van der Waals surface area contributed by atoms with E-state index in [2.05, 4.69) is 64.9 Å². The van der Waals surface area contributed by atoms with Crippen LogP contribution in [0.15, 0.2) is 48.8 Å². The fourth-order valence-corrected chi connectivity index (χ4v) is 4.61. The van der Waals surface area contributed by atoms with Crippen LogP contribution in [0, 0.1) is 0 Å². The quantitative estimate of drug-likeness (QED) is 0.324. The molecule has 0 bridgehead atoms. The molecule has 0 spiro atoms. The largest absolute Gasteiger partial charge is 0.370 e. The van der Waals surface area contributed by atoms with E-state index in [1.54, 1.807) is 0 Å². The molecule has 4 heterocycles. The lowest BCUT2D eigenvalue weighted by atomic mass is 10.0. The van der Waals surface area contributed by atoms with Gasteiger partial charge in [-0.25, -0.2) is 19.5 Å². The third-order valence-corrected chi connectivity index (χ3v) is 6.09. The van der Waals surface area contributed by atoms with E-state index in [-0.39, 0.29) is 6.04 Å². The van der Waals surface area contributed by atoms with Crippen molar-refractivity contribution in [3.8, 4) is 22.5 Å². The summed E-state index contributed by atoms with van der Waals surface area (Å²) in [5, 5.41) is 15.4. The van der Waals surface area contributed by atoms with Crippen LogP contribution in [0.1, 0.15) is 46.5 Å². The molecule has 1 aliphatic carbocycles. The molecule has 8 heteroatoms. The maximum Gasteiger partial charge on any atom is 0.223 e. The SMILES string of the molecule is CCNc1cc(-c2nn3c(NC(C)C)cccc3c2-c2ccnc(NC3CCCC3)n2)ccn1. The zero-order chi connectivity index (χ0) is 23.5. The second-order valence-corrected chi connectivity index (χ2v) is 9.08. The average Bonchev–Trinajstić information content (AvgIpc) is 3.48. The van der Waals surface area contributed by atoms with Gasteiger partial charge in [0.05, 0.1) is 16.8 Å². The molecule has 1 aliphatic rings. The van der Waals surface area contributed by atoms with E-state index >= 15 is 0 Å². The fourth-order valence-electron chi connectivity index (χ4n) is 4.61. The van der Waals surface area contributed by atoms with Crippen molar-refractivity contribution >= 4 is 23.1 Å². The molecule has 0 aromatic carbocycles. The van der Waals surface area contributed by atoms with Crippen LogP contribution in [0.3, 0.4) is 0 Å². The number of fused-ring (bicyclic) bond motifs is 1. The van der Waals surface area contributed by atoms with Gasteiger partial charge >= 0.3 is 0 Å². The minimum atomic E-state index is 0.282. The van der Waals surface area contributed by atoms with Crippen molar-refractivity contribution in [2.75, 3.05) is 22.5 Å². The second kappa shape index (κ2) is 9.67. The zero-order valence-corrected chi connectivity index (χ0v) is 20.0. The summed E-state index contributed by atoms with van der Waals surface area (Å²) < 4.78 is 1.98. The van der Waals surface area contributed by atoms with Crippen molar-refractivity contribution in [2.24, 2.45) is 0 Å². The number of aromatic nitrogens is 5. The van der Waals surface area contributed by atoms with Gasteiger partial charge < -0.3 is 16.0 Å². The van der Waals surface area contributed by atoms with E-state index in [0.717, 1.165) is 46.2 Å². The number of nitrogens with one attached hydrogen (secondary N) is 3. The molecule has 3 N–H and O–H groups in total. The van der Waals surface area contributed by atoms with E-state index in [1.807, 2.05) is 35.1 Å². The predicted octanol–water partition coefficient (Wildman–Crippen LogP) is 5.46. The van der Waals surface area contributed by atoms with Crippen LogP contribution >= 0.6 is 0 Å². The number of nitrogens with zero attached hydrogens (tertiary/aromatic N) is 5. The summed E-state index contributed by atoms with van der Waals surface area (Å²) in [7, 11) is 0. The second-order valence-electron chi connectivity index (χ2n) is 9.08. The minimum absolute atomic E-state index is 0.282. The molecule has 4 aromatic rings. The van der Waals surface area contributed by atoms with Gasteiger partial charge in [0.15, 0.2) is 0 Å². The molecule has 8 nitrogen and oxygen atoms in total.